The molecule has 2 nitrogen and oxygen atoms in total. The lowest BCUT2D eigenvalue weighted by Crippen LogP contribution is -1.96. The van der Waals surface area contributed by atoms with Gasteiger partial charge in [-0.15, -0.1) is 0 Å². The Morgan fingerprint density at radius 3 is 2.55 bits per heavy atom. The van der Waals surface area contributed by atoms with Crippen LogP contribution in [0.15, 0.2) is 36.6 Å². The standard InChI is InChI=1S/C9H13NO/c1-4-5-9(8(2)11)6-7-10-3/h4-7,10H,1H2,2-3H3/b7-6-,9-5+. The third kappa shape index (κ3) is 4.14. The zero-order chi connectivity index (χ0) is 8.69. The van der Waals surface area contributed by atoms with Crippen LogP contribution in [0.4, 0.5) is 0 Å². The summed E-state index contributed by atoms with van der Waals surface area (Å²) >= 11 is 0. The van der Waals surface area contributed by atoms with Crippen LogP contribution in [0.1, 0.15) is 6.92 Å². The van der Waals surface area contributed by atoms with E-state index in [1.54, 1.807) is 31.5 Å². The molecule has 0 aliphatic rings. The summed E-state index contributed by atoms with van der Waals surface area (Å²) in [6.07, 6.45) is 6.69. The molecule has 0 rings (SSSR count). The minimum Gasteiger partial charge on any atom is -0.394 e. The zero-order valence-electron chi connectivity index (χ0n) is 6.92. The van der Waals surface area contributed by atoms with Gasteiger partial charge in [0.1, 0.15) is 0 Å². The molecule has 2 heteroatoms. The molecular weight excluding hydrogens is 138 g/mol. The van der Waals surface area contributed by atoms with Crippen molar-refractivity contribution >= 4 is 5.78 Å². The van der Waals surface area contributed by atoms with E-state index in [4.69, 9.17) is 0 Å². The quantitative estimate of drug-likeness (QED) is 0.486. The van der Waals surface area contributed by atoms with E-state index in [0.717, 1.165) is 0 Å². The fourth-order valence-corrected chi connectivity index (χ4v) is 0.590. The Morgan fingerprint density at radius 1 is 1.55 bits per heavy atom. The van der Waals surface area contributed by atoms with Gasteiger partial charge in [-0.05, 0) is 19.2 Å². The van der Waals surface area contributed by atoms with Gasteiger partial charge >= 0.3 is 0 Å². The minimum atomic E-state index is 0.0383. The van der Waals surface area contributed by atoms with E-state index < -0.39 is 0 Å². The lowest BCUT2D eigenvalue weighted by Gasteiger charge is -1.92. The van der Waals surface area contributed by atoms with E-state index in [0.29, 0.717) is 5.57 Å². The van der Waals surface area contributed by atoms with Crippen molar-refractivity contribution in [2.45, 2.75) is 6.92 Å². The van der Waals surface area contributed by atoms with E-state index in [-0.39, 0.29) is 5.78 Å². The Hall–Kier alpha value is -1.31. The fraction of sp³-hybridized carbons (Fsp3) is 0.222. The van der Waals surface area contributed by atoms with Crippen molar-refractivity contribution in [2.75, 3.05) is 7.05 Å². The van der Waals surface area contributed by atoms with Crippen LogP contribution in [0.25, 0.3) is 0 Å². The van der Waals surface area contributed by atoms with Crippen LogP contribution in [-0.2, 0) is 4.79 Å². The van der Waals surface area contributed by atoms with Gasteiger partial charge in [0, 0.05) is 12.6 Å². The molecule has 1 N–H and O–H groups in total. The molecule has 0 heterocycles. The Labute approximate surface area is 67.3 Å². The van der Waals surface area contributed by atoms with Gasteiger partial charge in [-0.2, -0.15) is 0 Å². The predicted octanol–water partition coefficient (Wildman–Crippen LogP) is 1.42. The first-order valence-electron chi connectivity index (χ1n) is 3.40. The first-order chi connectivity index (χ1) is 5.22. The SMILES string of the molecule is C=C/C=C(\C=C/NC)C(C)=O. The van der Waals surface area contributed by atoms with E-state index in [1.807, 2.05) is 0 Å². The maximum atomic E-state index is 10.8. The summed E-state index contributed by atoms with van der Waals surface area (Å²) in [6, 6.07) is 0. The number of carbonyl (C=O) groups is 1. The van der Waals surface area contributed by atoms with Gasteiger partial charge in [-0.25, -0.2) is 0 Å². The van der Waals surface area contributed by atoms with E-state index in [1.165, 1.54) is 6.92 Å². The van der Waals surface area contributed by atoms with E-state index in [2.05, 4.69) is 11.9 Å². The minimum absolute atomic E-state index is 0.0383. The number of carbonyl (C=O) groups excluding carboxylic acids is 1. The third-order valence-electron chi connectivity index (χ3n) is 1.13. The largest absolute Gasteiger partial charge is 0.394 e. The molecule has 0 aliphatic heterocycles. The van der Waals surface area contributed by atoms with Gasteiger partial charge in [-0.1, -0.05) is 18.7 Å². The van der Waals surface area contributed by atoms with E-state index >= 15 is 0 Å². The fourth-order valence-electron chi connectivity index (χ4n) is 0.590. The maximum absolute atomic E-state index is 10.8. The summed E-state index contributed by atoms with van der Waals surface area (Å²) in [6.45, 7) is 5.03. The topological polar surface area (TPSA) is 29.1 Å². The molecule has 0 aromatic carbocycles. The average molecular weight is 151 g/mol. The lowest BCUT2D eigenvalue weighted by atomic mass is 10.2. The molecule has 0 saturated carbocycles. The summed E-state index contributed by atoms with van der Waals surface area (Å²) < 4.78 is 0. The highest BCUT2D eigenvalue weighted by atomic mass is 16.1. The van der Waals surface area contributed by atoms with Gasteiger partial charge in [0.05, 0.1) is 0 Å². The van der Waals surface area contributed by atoms with Gasteiger partial charge < -0.3 is 5.32 Å². The first-order valence-corrected chi connectivity index (χ1v) is 3.40. The summed E-state index contributed by atoms with van der Waals surface area (Å²) in [7, 11) is 1.78. The molecule has 60 valence electrons. The number of allylic oxidation sites excluding steroid dienone is 4. The van der Waals surface area contributed by atoms with Crippen molar-refractivity contribution in [3.05, 3.63) is 36.6 Å². The Balaban J connectivity index is 4.35. The smallest absolute Gasteiger partial charge is 0.159 e. The highest BCUT2D eigenvalue weighted by Crippen LogP contribution is 1.97. The second-order valence-corrected chi connectivity index (χ2v) is 2.04. The van der Waals surface area contributed by atoms with Crippen molar-refractivity contribution in [3.63, 3.8) is 0 Å². The summed E-state index contributed by atoms with van der Waals surface area (Å²) in [4.78, 5) is 10.8. The van der Waals surface area contributed by atoms with Crippen molar-refractivity contribution in [1.29, 1.82) is 0 Å². The molecule has 0 spiro atoms. The molecule has 0 fully saturated rings. The average Bonchev–Trinajstić information content (AvgIpc) is 1.97. The zero-order valence-corrected chi connectivity index (χ0v) is 6.92. The summed E-state index contributed by atoms with van der Waals surface area (Å²) in [5.74, 6) is 0.0383. The predicted molar refractivity (Wildman–Crippen MR) is 47.2 cm³/mol. The van der Waals surface area contributed by atoms with Crippen LogP contribution in [-0.4, -0.2) is 12.8 Å². The number of hydrogen-bond acceptors (Lipinski definition) is 2. The number of nitrogens with one attached hydrogen (secondary N) is 1. The number of ketones is 1. The third-order valence-corrected chi connectivity index (χ3v) is 1.13. The number of hydrogen-bond donors (Lipinski definition) is 1. The monoisotopic (exact) mass is 151 g/mol. The molecule has 0 saturated heterocycles. The van der Waals surface area contributed by atoms with Crippen LogP contribution in [0.5, 0.6) is 0 Å². The van der Waals surface area contributed by atoms with Crippen LogP contribution < -0.4 is 5.32 Å². The van der Waals surface area contributed by atoms with Gasteiger partial charge in [0.15, 0.2) is 5.78 Å². The molecule has 11 heavy (non-hydrogen) atoms. The highest BCUT2D eigenvalue weighted by molar-refractivity contribution is 5.96. The van der Waals surface area contributed by atoms with Crippen LogP contribution in [0.3, 0.4) is 0 Å². The highest BCUT2D eigenvalue weighted by Gasteiger charge is 1.95. The summed E-state index contributed by atoms with van der Waals surface area (Å²) in [5, 5.41) is 2.80. The number of rotatable bonds is 4. The van der Waals surface area contributed by atoms with Gasteiger partial charge in [-0.3, -0.25) is 4.79 Å². The second kappa shape index (κ2) is 5.47. The van der Waals surface area contributed by atoms with Gasteiger partial charge in [0.25, 0.3) is 0 Å². The Kier molecular flexibility index (Phi) is 4.82. The van der Waals surface area contributed by atoms with Crippen LogP contribution in [0.2, 0.25) is 0 Å². The normalized spacial score (nSPS) is 11.6. The van der Waals surface area contributed by atoms with Crippen molar-refractivity contribution < 1.29 is 4.79 Å². The molecule has 0 radical (unpaired) electrons. The van der Waals surface area contributed by atoms with Crippen molar-refractivity contribution in [2.24, 2.45) is 0 Å². The van der Waals surface area contributed by atoms with Crippen molar-refractivity contribution in [1.82, 2.24) is 5.32 Å². The Bertz CT molecular complexity index is 202. The number of Topliss-reactive ketones (excluding diaryl/α,β-unsaturated/α-hetero) is 1. The molecule has 0 aromatic heterocycles. The molecule has 0 unspecified atom stereocenters. The lowest BCUT2D eigenvalue weighted by molar-refractivity contribution is -0.113. The molecule has 0 atom stereocenters. The second-order valence-electron chi connectivity index (χ2n) is 2.04. The van der Waals surface area contributed by atoms with E-state index in [9.17, 15) is 4.79 Å². The molecule has 0 aliphatic carbocycles. The molecule has 0 amide bonds. The molecule has 0 aromatic rings. The van der Waals surface area contributed by atoms with Crippen molar-refractivity contribution in [3.8, 4) is 0 Å². The van der Waals surface area contributed by atoms with Gasteiger partial charge in [0.2, 0.25) is 0 Å². The molecular formula is C9H13NO. The maximum Gasteiger partial charge on any atom is 0.159 e. The molecule has 0 bridgehead atoms. The first kappa shape index (κ1) is 9.69. The van der Waals surface area contributed by atoms with Crippen LogP contribution in [0, 0.1) is 0 Å². The van der Waals surface area contributed by atoms with Crippen LogP contribution >= 0.6 is 0 Å². The Morgan fingerprint density at radius 2 is 2.18 bits per heavy atom. The summed E-state index contributed by atoms with van der Waals surface area (Å²) in [5.41, 5.74) is 0.648.